The van der Waals surface area contributed by atoms with E-state index in [9.17, 15) is 4.79 Å². The van der Waals surface area contributed by atoms with Crippen molar-refractivity contribution in [1.82, 2.24) is 5.32 Å². The van der Waals surface area contributed by atoms with Crippen molar-refractivity contribution in [2.75, 3.05) is 13.2 Å². The highest BCUT2D eigenvalue weighted by molar-refractivity contribution is 7.80. The Morgan fingerprint density at radius 3 is 2.69 bits per heavy atom. The highest BCUT2D eigenvalue weighted by Crippen LogP contribution is 2.19. The third kappa shape index (κ3) is 6.02. The molecule has 0 saturated heterocycles. The van der Waals surface area contributed by atoms with Gasteiger partial charge in [-0.2, -0.15) is 0 Å². The number of nitrogens with one attached hydrogen (secondary N) is 1. The zero-order valence-corrected chi connectivity index (χ0v) is 10.4. The Morgan fingerprint density at radius 1 is 1.38 bits per heavy atom. The van der Waals surface area contributed by atoms with Gasteiger partial charge >= 0.3 is 0 Å². The second-order valence-electron chi connectivity index (χ2n) is 4.12. The summed E-state index contributed by atoms with van der Waals surface area (Å²) in [6.07, 6.45) is 6.67. The fourth-order valence-electron chi connectivity index (χ4n) is 1.87. The van der Waals surface area contributed by atoms with Crippen molar-refractivity contribution in [3.63, 3.8) is 0 Å². The molecule has 16 heavy (non-hydrogen) atoms. The standard InChI is InChI=1S/C11H20N2O2S/c12-10(16)8-11(14)13-6-7-15-9-4-2-1-3-5-9/h9H,1-8H2,(H2,12,16)(H,13,14). The van der Waals surface area contributed by atoms with Crippen LogP contribution in [0.3, 0.4) is 0 Å². The number of carbonyl (C=O) groups excluding carboxylic acids is 1. The molecule has 0 aromatic rings. The van der Waals surface area contributed by atoms with Crippen molar-refractivity contribution in [1.29, 1.82) is 0 Å². The average molecular weight is 244 g/mol. The van der Waals surface area contributed by atoms with E-state index in [1.165, 1.54) is 19.3 Å². The van der Waals surface area contributed by atoms with Gasteiger partial charge < -0.3 is 15.8 Å². The fraction of sp³-hybridized carbons (Fsp3) is 0.818. The third-order valence-corrected chi connectivity index (χ3v) is 2.81. The topological polar surface area (TPSA) is 64.4 Å². The quantitative estimate of drug-likeness (QED) is 0.543. The Hall–Kier alpha value is -0.680. The van der Waals surface area contributed by atoms with Crippen LogP contribution in [0.25, 0.3) is 0 Å². The minimum atomic E-state index is -0.125. The Balaban J connectivity index is 1.98. The van der Waals surface area contributed by atoms with E-state index in [1.807, 2.05) is 0 Å². The van der Waals surface area contributed by atoms with E-state index >= 15 is 0 Å². The molecule has 1 aliphatic rings. The lowest BCUT2D eigenvalue weighted by Gasteiger charge is -2.21. The van der Waals surface area contributed by atoms with Crippen molar-refractivity contribution in [3.05, 3.63) is 0 Å². The van der Waals surface area contributed by atoms with Crippen molar-refractivity contribution in [2.45, 2.75) is 44.6 Å². The minimum Gasteiger partial charge on any atom is -0.393 e. The first-order valence-corrected chi connectivity index (χ1v) is 6.26. The molecule has 0 atom stereocenters. The Bertz CT molecular complexity index is 240. The molecule has 1 saturated carbocycles. The molecule has 1 rings (SSSR count). The number of carbonyl (C=O) groups is 1. The van der Waals surface area contributed by atoms with Gasteiger partial charge in [-0.1, -0.05) is 31.5 Å². The Morgan fingerprint density at radius 2 is 2.06 bits per heavy atom. The molecule has 0 unspecified atom stereocenters. The lowest BCUT2D eigenvalue weighted by Crippen LogP contribution is -2.31. The predicted molar refractivity (Wildman–Crippen MR) is 67.2 cm³/mol. The predicted octanol–water partition coefficient (Wildman–Crippen LogP) is 1.13. The summed E-state index contributed by atoms with van der Waals surface area (Å²) in [5.74, 6) is -0.125. The van der Waals surface area contributed by atoms with Crippen LogP contribution in [0.2, 0.25) is 0 Å². The van der Waals surface area contributed by atoms with Gasteiger partial charge in [0.05, 0.1) is 24.1 Å². The van der Waals surface area contributed by atoms with Gasteiger partial charge in [-0.25, -0.2) is 0 Å². The van der Waals surface area contributed by atoms with Crippen molar-refractivity contribution in [2.24, 2.45) is 5.73 Å². The first-order chi connectivity index (χ1) is 7.68. The molecule has 92 valence electrons. The van der Waals surface area contributed by atoms with Crippen LogP contribution in [0, 0.1) is 0 Å². The number of amides is 1. The van der Waals surface area contributed by atoms with E-state index in [2.05, 4.69) is 17.5 Å². The van der Waals surface area contributed by atoms with Crippen LogP contribution in [0.15, 0.2) is 0 Å². The minimum absolute atomic E-state index is 0.124. The van der Waals surface area contributed by atoms with Gasteiger partial charge in [0.15, 0.2) is 0 Å². The van der Waals surface area contributed by atoms with Gasteiger partial charge in [-0.3, -0.25) is 4.79 Å². The summed E-state index contributed by atoms with van der Waals surface area (Å²) in [7, 11) is 0. The molecule has 0 radical (unpaired) electrons. The fourth-order valence-corrected chi connectivity index (χ4v) is 2.00. The Kier molecular flexibility index (Phi) is 6.33. The highest BCUT2D eigenvalue weighted by atomic mass is 32.1. The maximum absolute atomic E-state index is 11.2. The molecule has 1 aliphatic carbocycles. The molecule has 0 spiro atoms. The molecule has 0 aromatic carbocycles. The average Bonchev–Trinajstić information content (AvgIpc) is 2.25. The smallest absolute Gasteiger partial charge is 0.226 e. The SMILES string of the molecule is NC(=S)CC(=O)NCCOC1CCCCC1. The van der Waals surface area contributed by atoms with Crippen molar-refractivity contribution < 1.29 is 9.53 Å². The van der Waals surface area contributed by atoms with Crippen LogP contribution in [-0.2, 0) is 9.53 Å². The van der Waals surface area contributed by atoms with Crippen LogP contribution < -0.4 is 11.1 Å². The molecule has 1 fully saturated rings. The van der Waals surface area contributed by atoms with E-state index in [0.717, 1.165) is 12.8 Å². The highest BCUT2D eigenvalue weighted by Gasteiger charge is 2.13. The van der Waals surface area contributed by atoms with Gasteiger partial charge in [-0.05, 0) is 12.8 Å². The van der Waals surface area contributed by atoms with Crippen LogP contribution in [-0.4, -0.2) is 30.2 Å². The molecule has 0 aromatic heterocycles. The number of thiocarbonyl (C=S) groups is 1. The first kappa shape index (κ1) is 13.4. The van der Waals surface area contributed by atoms with E-state index in [1.54, 1.807) is 0 Å². The molecular weight excluding hydrogens is 224 g/mol. The van der Waals surface area contributed by atoms with Gasteiger partial charge in [0.1, 0.15) is 0 Å². The summed E-state index contributed by atoms with van der Waals surface area (Å²) < 4.78 is 5.66. The summed E-state index contributed by atoms with van der Waals surface area (Å²) in [6.45, 7) is 1.12. The molecule has 1 amide bonds. The van der Waals surface area contributed by atoms with Gasteiger partial charge in [0.2, 0.25) is 5.91 Å². The summed E-state index contributed by atoms with van der Waals surface area (Å²) in [5, 5.41) is 2.72. The van der Waals surface area contributed by atoms with Gasteiger partial charge in [-0.15, -0.1) is 0 Å². The molecule has 5 heteroatoms. The zero-order valence-electron chi connectivity index (χ0n) is 9.54. The normalized spacial score (nSPS) is 17.0. The number of hydrogen-bond acceptors (Lipinski definition) is 3. The second kappa shape index (κ2) is 7.57. The van der Waals surface area contributed by atoms with Crippen LogP contribution in [0.5, 0.6) is 0 Å². The molecule has 4 nitrogen and oxygen atoms in total. The van der Waals surface area contributed by atoms with Crippen LogP contribution >= 0.6 is 12.2 Å². The summed E-state index contributed by atoms with van der Waals surface area (Å²) in [5.41, 5.74) is 5.25. The molecular formula is C11H20N2O2S. The van der Waals surface area contributed by atoms with E-state index in [4.69, 9.17) is 10.5 Å². The third-order valence-electron chi connectivity index (χ3n) is 2.66. The van der Waals surface area contributed by atoms with Crippen molar-refractivity contribution in [3.8, 4) is 0 Å². The number of ether oxygens (including phenoxy) is 1. The van der Waals surface area contributed by atoms with E-state index in [-0.39, 0.29) is 17.3 Å². The number of hydrogen-bond donors (Lipinski definition) is 2. The van der Waals surface area contributed by atoms with Gasteiger partial charge in [0.25, 0.3) is 0 Å². The maximum atomic E-state index is 11.2. The lowest BCUT2D eigenvalue weighted by molar-refractivity contribution is -0.120. The number of nitrogens with two attached hydrogens (primary N) is 1. The summed E-state index contributed by atoms with van der Waals surface area (Å²) in [6, 6.07) is 0. The summed E-state index contributed by atoms with van der Waals surface area (Å²) >= 11 is 4.64. The molecule has 0 aliphatic heterocycles. The molecule has 3 N–H and O–H groups in total. The number of rotatable bonds is 6. The monoisotopic (exact) mass is 244 g/mol. The Labute approximate surface area is 102 Å². The van der Waals surface area contributed by atoms with Gasteiger partial charge in [0, 0.05) is 6.54 Å². The van der Waals surface area contributed by atoms with Crippen molar-refractivity contribution >= 4 is 23.1 Å². The lowest BCUT2D eigenvalue weighted by atomic mass is 9.98. The van der Waals surface area contributed by atoms with Crippen LogP contribution in [0.4, 0.5) is 0 Å². The maximum Gasteiger partial charge on any atom is 0.226 e. The molecule has 0 heterocycles. The second-order valence-corrected chi connectivity index (χ2v) is 4.65. The first-order valence-electron chi connectivity index (χ1n) is 5.85. The zero-order chi connectivity index (χ0) is 11.8. The van der Waals surface area contributed by atoms with E-state index < -0.39 is 0 Å². The largest absolute Gasteiger partial charge is 0.393 e. The van der Waals surface area contributed by atoms with Crippen LogP contribution in [0.1, 0.15) is 38.5 Å². The molecule has 0 bridgehead atoms. The van der Waals surface area contributed by atoms with E-state index in [0.29, 0.717) is 19.3 Å². The summed E-state index contributed by atoms with van der Waals surface area (Å²) in [4.78, 5) is 11.4.